The van der Waals surface area contributed by atoms with Crippen molar-refractivity contribution in [3.8, 4) is 0 Å². The van der Waals surface area contributed by atoms with Crippen LogP contribution in [-0.4, -0.2) is 30.4 Å². The predicted molar refractivity (Wildman–Crippen MR) is 108 cm³/mol. The number of hydrogen-bond acceptors (Lipinski definition) is 5. The average Bonchev–Trinajstić information content (AvgIpc) is 2.98. The molecule has 2 aromatic rings. The fourth-order valence-electron chi connectivity index (χ4n) is 3.13. The fourth-order valence-corrected chi connectivity index (χ4v) is 4.40. The molecule has 5 nitrogen and oxygen atoms in total. The molecule has 1 aliphatic heterocycles. The van der Waals surface area contributed by atoms with Gasteiger partial charge in [0.25, 0.3) is 0 Å². The van der Waals surface area contributed by atoms with E-state index in [2.05, 4.69) is 22.3 Å². The van der Waals surface area contributed by atoms with E-state index in [-0.39, 0.29) is 24.3 Å². The van der Waals surface area contributed by atoms with Crippen LogP contribution in [0.3, 0.4) is 0 Å². The summed E-state index contributed by atoms with van der Waals surface area (Å²) in [5.74, 6) is -0.486. The van der Waals surface area contributed by atoms with Crippen molar-refractivity contribution in [2.75, 3.05) is 19.0 Å². The van der Waals surface area contributed by atoms with Crippen LogP contribution in [0.5, 0.6) is 0 Å². The first kappa shape index (κ1) is 22.4. The Kier molecular flexibility index (Phi) is 7.26. The normalized spacial score (nSPS) is 14.0. The van der Waals surface area contributed by atoms with E-state index >= 15 is 0 Å². The number of anilines is 1. The number of ether oxygens (including phenoxy) is 1. The summed E-state index contributed by atoms with van der Waals surface area (Å²) in [7, 11) is 1.38. The second-order valence-corrected chi connectivity index (χ2v) is 8.96. The number of halogens is 1. The molecule has 2 heterocycles. The summed E-state index contributed by atoms with van der Waals surface area (Å²) < 4.78 is 4.99. The molecular formula is C21H26ClN2O3S-. The standard InChI is InChI=1S/C21H26N2O3S.ClH/c1-21(2,3)20(25)22-18-17(19(24)26-4)15-10-11-23(13-16(15)27-18)12-14-8-6-5-7-9-14;/h5-9H,10-13H2,1-4H3,(H,22,25);1H/p-1. The van der Waals surface area contributed by atoms with E-state index in [0.717, 1.165) is 36.5 Å². The maximum atomic E-state index is 12.4. The van der Waals surface area contributed by atoms with E-state index in [0.29, 0.717) is 10.6 Å². The maximum Gasteiger partial charge on any atom is 0.341 e. The highest BCUT2D eigenvalue weighted by Gasteiger charge is 2.31. The van der Waals surface area contributed by atoms with E-state index < -0.39 is 5.41 Å². The number of thiophene rings is 1. The van der Waals surface area contributed by atoms with Crippen molar-refractivity contribution in [3.05, 3.63) is 51.9 Å². The van der Waals surface area contributed by atoms with Crippen LogP contribution in [-0.2, 0) is 29.0 Å². The van der Waals surface area contributed by atoms with E-state index in [1.165, 1.54) is 24.0 Å². The van der Waals surface area contributed by atoms with Crippen LogP contribution in [0.15, 0.2) is 30.3 Å². The van der Waals surface area contributed by atoms with E-state index in [9.17, 15) is 9.59 Å². The second kappa shape index (κ2) is 9.07. The van der Waals surface area contributed by atoms with E-state index in [4.69, 9.17) is 4.74 Å². The molecular weight excluding hydrogens is 396 g/mol. The van der Waals surface area contributed by atoms with Crippen molar-refractivity contribution in [2.45, 2.75) is 40.3 Å². The third-order valence-corrected chi connectivity index (χ3v) is 5.81. The molecule has 0 aliphatic carbocycles. The Balaban J connectivity index is 0.00000280. The number of carbonyl (C=O) groups is 2. The summed E-state index contributed by atoms with van der Waals surface area (Å²) in [5.41, 5.74) is 2.28. The Hall–Kier alpha value is -1.89. The predicted octanol–water partition coefficient (Wildman–Crippen LogP) is 1.08. The molecule has 0 saturated carbocycles. The van der Waals surface area contributed by atoms with Crippen LogP contribution in [0, 0.1) is 5.41 Å². The van der Waals surface area contributed by atoms with Gasteiger partial charge in [-0.1, -0.05) is 51.1 Å². The summed E-state index contributed by atoms with van der Waals surface area (Å²) in [6.45, 7) is 8.08. The third-order valence-electron chi connectivity index (χ3n) is 4.68. The van der Waals surface area contributed by atoms with Gasteiger partial charge in [-0.05, 0) is 17.5 Å². The number of amides is 1. The number of fused-ring (bicyclic) bond motifs is 1. The number of hydrogen-bond donors (Lipinski definition) is 1. The second-order valence-electron chi connectivity index (χ2n) is 7.85. The van der Waals surface area contributed by atoms with Crippen LogP contribution in [0.2, 0.25) is 0 Å². The van der Waals surface area contributed by atoms with Crippen LogP contribution >= 0.6 is 11.3 Å². The van der Waals surface area contributed by atoms with Crippen LogP contribution in [0.1, 0.15) is 47.1 Å². The summed E-state index contributed by atoms with van der Waals surface area (Å²) in [5, 5.41) is 3.55. The first-order chi connectivity index (χ1) is 12.8. The minimum absolute atomic E-state index is 0. The van der Waals surface area contributed by atoms with Crippen molar-refractivity contribution in [1.29, 1.82) is 0 Å². The molecule has 28 heavy (non-hydrogen) atoms. The largest absolute Gasteiger partial charge is 1.00 e. The van der Waals surface area contributed by atoms with Gasteiger partial charge in [0, 0.05) is 29.9 Å². The monoisotopic (exact) mass is 421 g/mol. The molecule has 7 heteroatoms. The van der Waals surface area contributed by atoms with Gasteiger partial charge in [0.1, 0.15) is 5.00 Å². The SMILES string of the molecule is COC(=O)c1c(NC(=O)C(C)(C)C)sc2c1CCN(Cc1ccccc1)C2.[Cl-]. The molecule has 0 fully saturated rings. The van der Waals surface area contributed by atoms with Gasteiger partial charge < -0.3 is 22.5 Å². The van der Waals surface area contributed by atoms with Crippen molar-refractivity contribution >= 4 is 28.2 Å². The zero-order chi connectivity index (χ0) is 19.6. The minimum Gasteiger partial charge on any atom is -1.00 e. The van der Waals surface area contributed by atoms with Gasteiger partial charge in [0.2, 0.25) is 5.91 Å². The quantitative estimate of drug-likeness (QED) is 0.750. The summed E-state index contributed by atoms with van der Waals surface area (Å²) in [6, 6.07) is 10.4. The molecule has 1 aliphatic rings. The average molecular weight is 422 g/mol. The summed E-state index contributed by atoms with van der Waals surface area (Å²) in [4.78, 5) is 28.3. The van der Waals surface area contributed by atoms with E-state index in [1.807, 2.05) is 39.0 Å². The first-order valence-electron chi connectivity index (χ1n) is 9.10. The Morgan fingerprint density at radius 1 is 1.21 bits per heavy atom. The smallest absolute Gasteiger partial charge is 0.341 e. The molecule has 0 saturated heterocycles. The van der Waals surface area contributed by atoms with Gasteiger partial charge in [0.05, 0.1) is 12.7 Å². The number of rotatable bonds is 4. The summed E-state index contributed by atoms with van der Waals surface area (Å²) >= 11 is 1.49. The third kappa shape index (κ3) is 4.93. The Morgan fingerprint density at radius 3 is 2.50 bits per heavy atom. The molecule has 0 unspecified atom stereocenters. The molecule has 0 spiro atoms. The van der Waals surface area contributed by atoms with E-state index in [1.54, 1.807) is 0 Å². The highest BCUT2D eigenvalue weighted by molar-refractivity contribution is 7.17. The number of nitrogens with zero attached hydrogens (tertiary/aromatic N) is 1. The first-order valence-corrected chi connectivity index (χ1v) is 9.92. The Bertz CT molecular complexity index is 843. The summed E-state index contributed by atoms with van der Waals surface area (Å²) in [6.07, 6.45) is 0.772. The molecule has 1 aromatic heterocycles. The Morgan fingerprint density at radius 2 is 1.89 bits per heavy atom. The number of methoxy groups -OCH3 is 1. The minimum atomic E-state index is -0.531. The highest BCUT2D eigenvalue weighted by Crippen LogP contribution is 2.38. The van der Waals surface area contributed by atoms with Crippen LogP contribution in [0.25, 0.3) is 0 Å². The van der Waals surface area contributed by atoms with Crippen LogP contribution in [0.4, 0.5) is 5.00 Å². The van der Waals surface area contributed by atoms with Gasteiger partial charge >= 0.3 is 5.97 Å². The zero-order valence-corrected chi connectivity index (χ0v) is 18.2. The molecule has 152 valence electrons. The lowest BCUT2D eigenvalue weighted by atomic mass is 9.95. The van der Waals surface area contributed by atoms with Crippen molar-refractivity contribution in [1.82, 2.24) is 4.90 Å². The van der Waals surface area contributed by atoms with Gasteiger partial charge in [-0.2, -0.15) is 0 Å². The lowest BCUT2D eigenvalue weighted by Crippen LogP contribution is -3.00. The van der Waals surface area contributed by atoms with Crippen molar-refractivity contribution in [3.63, 3.8) is 0 Å². The zero-order valence-electron chi connectivity index (χ0n) is 16.7. The van der Waals surface area contributed by atoms with Gasteiger partial charge in [0.15, 0.2) is 0 Å². The van der Waals surface area contributed by atoms with Crippen LogP contribution < -0.4 is 17.7 Å². The lowest BCUT2D eigenvalue weighted by Gasteiger charge is -2.27. The molecule has 1 aromatic carbocycles. The maximum absolute atomic E-state index is 12.4. The molecule has 0 radical (unpaired) electrons. The number of nitrogens with one attached hydrogen (secondary N) is 1. The topological polar surface area (TPSA) is 58.6 Å². The molecule has 1 N–H and O–H groups in total. The van der Waals surface area contributed by atoms with Crippen molar-refractivity contribution in [2.24, 2.45) is 5.41 Å². The Labute approximate surface area is 176 Å². The number of carbonyl (C=O) groups excluding carboxylic acids is 2. The van der Waals surface area contributed by atoms with Crippen molar-refractivity contribution < 1.29 is 26.7 Å². The van der Waals surface area contributed by atoms with Gasteiger partial charge in [-0.3, -0.25) is 9.69 Å². The number of esters is 1. The lowest BCUT2D eigenvalue weighted by molar-refractivity contribution is -0.123. The highest BCUT2D eigenvalue weighted by atomic mass is 35.5. The van der Waals surface area contributed by atoms with Gasteiger partial charge in [-0.25, -0.2) is 4.79 Å². The molecule has 3 rings (SSSR count). The molecule has 1 amide bonds. The fraction of sp³-hybridized carbons (Fsp3) is 0.429. The molecule has 0 atom stereocenters. The van der Waals surface area contributed by atoms with Gasteiger partial charge in [-0.15, -0.1) is 11.3 Å². The number of benzene rings is 1. The molecule has 0 bridgehead atoms.